The fourth-order valence-electron chi connectivity index (χ4n) is 4.19. The van der Waals surface area contributed by atoms with Gasteiger partial charge in [0.05, 0.1) is 24.8 Å². The Labute approximate surface area is 236 Å². The third-order valence-corrected chi connectivity index (χ3v) is 8.24. The number of ether oxygens (including phenoxy) is 2. The van der Waals surface area contributed by atoms with E-state index in [2.05, 4.69) is 5.32 Å². The van der Waals surface area contributed by atoms with Crippen LogP contribution in [-0.4, -0.2) is 65.0 Å². The highest BCUT2D eigenvalue weighted by Gasteiger charge is 2.32. The van der Waals surface area contributed by atoms with Crippen LogP contribution in [-0.2, 0) is 26.0 Å². The van der Waals surface area contributed by atoms with Gasteiger partial charge < -0.3 is 19.7 Å². The Morgan fingerprint density at radius 2 is 1.52 bits per heavy atom. The fraction of sp³-hybridized carbons (Fsp3) is 0.333. The van der Waals surface area contributed by atoms with Gasteiger partial charge in [0.2, 0.25) is 11.8 Å². The number of amides is 2. The van der Waals surface area contributed by atoms with Crippen LogP contribution in [0.25, 0.3) is 0 Å². The monoisotopic (exact) mass is 567 g/mol. The molecule has 1 N–H and O–H groups in total. The molecule has 9 nitrogen and oxygen atoms in total. The van der Waals surface area contributed by atoms with Gasteiger partial charge in [0.15, 0.2) is 11.5 Å². The minimum absolute atomic E-state index is 0.0635. The summed E-state index contributed by atoms with van der Waals surface area (Å²) in [6.45, 7) is 3.82. The quantitative estimate of drug-likeness (QED) is 0.317. The second-order valence-electron chi connectivity index (χ2n) is 9.15. The van der Waals surface area contributed by atoms with E-state index in [9.17, 15) is 18.0 Å². The van der Waals surface area contributed by atoms with E-state index in [1.807, 2.05) is 37.3 Å². The zero-order chi connectivity index (χ0) is 29.1. The van der Waals surface area contributed by atoms with Gasteiger partial charge in [-0.1, -0.05) is 55.5 Å². The third kappa shape index (κ3) is 7.53. The molecular weight excluding hydrogens is 530 g/mol. The molecule has 3 aromatic carbocycles. The molecule has 3 aromatic rings. The van der Waals surface area contributed by atoms with Crippen molar-refractivity contribution in [1.82, 2.24) is 10.2 Å². The molecule has 1 atom stereocenters. The Bertz CT molecular complexity index is 1370. The summed E-state index contributed by atoms with van der Waals surface area (Å²) >= 11 is 0. The van der Waals surface area contributed by atoms with Gasteiger partial charge in [0, 0.05) is 19.2 Å². The lowest BCUT2D eigenvalue weighted by Crippen LogP contribution is -2.52. The summed E-state index contributed by atoms with van der Waals surface area (Å²) in [6, 6.07) is 21.5. The van der Waals surface area contributed by atoms with Gasteiger partial charge >= 0.3 is 0 Å². The maximum absolute atomic E-state index is 14.0. The highest BCUT2D eigenvalue weighted by molar-refractivity contribution is 7.92. The first kappa shape index (κ1) is 30.5. The van der Waals surface area contributed by atoms with Crippen molar-refractivity contribution in [3.05, 3.63) is 84.4 Å². The smallest absolute Gasteiger partial charge is 0.264 e. The molecule has 0 aliphatic heterocycles. The second-order valence-corrected chi connectivity index (χ2v) is 11.0. The van der Waals surface area contributed by atoms with Crippen molar-refractivity contribution in [1.29, 1.82) is 0 Å². The van der Waals surface area contributed by atoms with Gasteiger partial charge in [-0.2, -0.15) is 0 Å². The number of benzene rings is 3. The van der Waals surface area contributed by atoms with Crippen LogP contribution in [0.4, 0.5) is 5.69 Å². The van der Waals surface area contributed by atoms with Crippen LogP contribution in [0.1, 0.15) is 25.8 Å². The lowest BCUT2D eigenvalue weighted by atomic mass is 10.1. The lowest BCUT2D eigenvalue weighted by Gasteiger charge is -2.32. The van der Waals surface area contributed by atoms with Crippen molar-refractivity contribution in [3.8, 4) is 11.5 Å². The molecule has 2 amide bonds. The predicted octanol–water partition coefficient (Wildman–Crippen LogP) is 3.89. The molecule has 0 fully saturated rings. The van der Waals surface area contributed by atoms with Crippen LogP contribution in [0.5, 0.6) is 11.5 Å². The highest BCUT2D eigenvalue weighted by atomic mass is 32.2. The molecule has 3 rings (SSSR count). The number of rotatable bonds is 14. The molecule has 40 heavy (non-hydrogen) atoms. The van der Waals surface area contributed by atoms with E-state index >= 15 is 0 Å². The van der Waals surface area contributed by atoms with Crippen molar-refractivity contribution in [2.45, 2.75) is 37.6 Å². The molecule has 0 radical (unpaired) electrons. The van der Waals surface area contributed by atoms with Gasteiger partial charge in [-0.25, -0.2) is 8.42 Å². The fourth-order valence-corrected chi connectivity index (χ4v) is 5.62. The third-order valence-electron chi connectivity index (χ3n) is 6.47. The average molecular weight is 568 g/mol. The van der Waals surface area contributed by atoms with E-state index < -0.39 is 28.5 Å². The number of para-hydroxylation sites is 1. The van der Waals surface area contributed by atoms with Gasteiger partial charge in [0.25, 0.3) is 10.0 Å². The molecule has 0 spiro atoms. The van der Waals surface area contributed by atoms with Crippen LogP contribution < -0.4 is 19.1 Å². The summed E-state index contributed by atoms with van der Waals surface area (Å²) in [5.41, 5.74) is 1.32. The van der Waals surface area contributed by atoms with Crippen molar-refractivity contribution in [3.63, 3.8) is 0 Å². The summed E-state index contributed by atoms with van der Waals surface area (Å²) < 4.78 is 39.5. The number of anilines is 1. The van der Waals surface area contributed by atoms with E-state index in [1.54, 1.807) is 37.3 Å². The van der Waals surface area contributed by atoms with Crippen molar-refractivity contribution in [2.75, 3.05) is 38.2 Å². The highest BCUT2D eigenvalue weighted by Crippen LogP contribution is 2.32. The van der Waals surface area contributed by atoms with E-state index in [0.29, 0.717) is 24.4 Å². The Morgan fingerprint density at radius 1 is 0.900 bits per heavy atom. The summed E-state index contributed by atoms with van der Waals surface area (Å²) in [5.74, 6) is -0.170. The van der Waals surface area contributed by atoms with Crippen LogP contribution in [0.2, 0.25) is 0 Å². The number of carbonyl (C=O) groups is 2. The number of methoxy groups -OCH3 is 2. The summed E-state index contributed by atoms with van der Waals surface area (Å²) in [4.78, 5) is 28.1. The molecule has 0 aliphatic rings. The topological polar surface area (TPSA) is 105 Å². The standard InChI is InChI=1S/C30H37N3O6S/c1-5-19-31-30(35)23(2)32(20-18-24-12-8-6-9-13-24)29(34)22-33(25-14-10-7-11-15-25)40(36,37)26-16-17-27(38-3)28(21-26)39-4/h6-17,21,23H,5,18-20,22H2,1-4H3,(H,31,35). The van der Waals surface area contributed by atoms with E-state index in [0.717, 1.165) is 16.3 Å². The molecule has 0 saturated carbocycles. The molecule has 0 saturated heterocycles. The van der Waals surface area contributed by atoms with Crippen molar-refractivity contribution in [2.24, 2.45) is 0 Å². The van der Waals surface area contributed by atoms with E-state index in [1.165, 1.54) is 37.3 Å². The number of carbonyl (C=O) groups excluding carboxylic acids is 2. The lowest BCUT2D eigenvalue weighted by molar-refractivity contribution is -0.138. The zero-order valence-electron chi connectivity index (χ0n) is 23.4. The molecule has 0 bridgehead atoms. The van der Waals surface area contributed by atoms with Crippen LogP contribution in [0, 0.1) is 0 Å². The summed E-state index contributed by atoms with van der Waals surface area (Å²) in [7, 11) is -1.34. The Balaban J connectivity index is 1.98. The van der Waals surface area contributed by atoms with Crippen LogP contribution in [0.15, 0.2) is 83.8 Å². The van der Waals surface area contributed by atoms with Gasteiger partial charge in [-0.3, -0.25) is 13.9 Å². The first-order valence-electron chi connectivity index (χ1n) is 13.1. The molecule has 10 heteroatoms. The van der Waals surface area contributed by atoms with Crippen LogP contribution in [0.3, 0.4) is 0 Å². The first-order valence-corrected chi connectivity index (χ1v) is 14.6. The Hall–Kier alpha value is -4.05. The molecule has 0 heterocycles. The van der Waals surface area contributed by atoms with Gasteiger partial charge in [0.1, 0.15) is 12.6 Å². The maximum Gasteiger partial charge on any atom is 0.264 e. The van der Waals surface area contributed by atoms with Crippen molar-refractivity contribution >= 4 is 27.5 Å². The summed E-state index contributed by atoms with van der Waals surface area (Å²) in [5, 5.41) is 2.84. The minimum atomic E-state index is -4.22. The largest absolute Gasteiger partial charge is 0.493 e. The Kier molecular flexibility index (Phi) is 11.0. The Morgan fingerprint density at radius 3 is 2.12 bits per heavy atom. The molecule has 214 valence electrons. The maximum atomic E-state index is 14.0. The molecule has 1 unspecified atom stereocenters. The summed E-state index contributed by atoms with van der Waals surface area (Å²) in [6.07, 6.45) is 1.26. The van der Waals surface area contributed by atoms with Gasteiger partial charge in [-0.05, 0) is 49.6 Å². The molecule has 0 aliphatic carbocycles. The van der Waals surface area contributed by atoms with Crippen molar-refractivity contribution < 1.29 is 27.5 Å². The number of hydrogen-bond donors (Lipinski definition) is 1. The normalized spacial score (nSPS) is 11.8. The van der Waals surface area contributed by atoms with E-state index in [-0.39, 0.29) is 23.1 Å². The van der Waals surface area contributed by atoms with E-state index in [4.69, 9.17) is 9.47 Å². The number of hydrogen-bond acceptors (Lipinski definition) is 6. The second kappa shape index (κ2) is 14.4. The number of nitrogens with one attached hydrogen (secondary N) is 1. The zero-order valence-corrected chi connectivity index (χ0v) is 24.2. The predicted molar refractivity (Wildman–Crippen MR) is 155 cm³/mol. The van der Waals surface area contributed by atoms with Crippen LogP contribution >= 0.6 is 0 Å². The number of nitrogens with zero attached hydrogens (tertiary/aromatic N) is 2. The number of sulfonamides is 1. The average Bonchev–Trinajstić information content (AvgIpc) is 2.98. The SMILES string of the molecule is CCCNC(=O)C(C)N(CCc1ccccc1)C(=O)CN(c1ccccc1)S(=O)(=O)c1ccc(OC)c(OC)c1. The minimum Gasteiger partial charge on any atom is -0.493 e. The van der Waals surface area contributed by atoms with Gasteiger partial charge in [-0.15, -0.1) is 0 Å². The molecular formula is C30H37N3O6S. The molecule has 0 aromatic heterocycles. The first-order chi connectivity index (χ1) is 19.2.